The second-order valence-corrected chi connectivity index (χ2v) is 9.29. The van der Waals surface area contributed by atoms with Crippen LogP contribution < -0.4 is 0 Å². The summed E-state index contributed by atoms with van der Waals surface area (Å²) >= 11 is 0. The molecule has 0 aliphatic heterocycles. The van der Waals surface area contributed by atoms with Gasteiger partial charge in [-0.25, -0.2) is 0 Å². The third-order valence-corrected chi connectivity index (χ3v) is 8.50. The fraction of sp³-hybridized carbons (Fsp3) is 0.950. The molecule has 2 nitrogen and oxygen atoms in total. The SMILES string of the molecule is CO/N=C1/CC[C@@]2(C)[C@@H](CC[C@H]3[C@@H]4CCC[C@@]4(C)CC[C@@H]32)C1. The number of rotatable bonds is 1. The van der Waals surface area contributed by atoms with E-state index in [1.165, 1.54) is 69.9 Å². The van der Waals surface area contributed by atoms with Crippen LogP contribution in [0, 0.1) is 34.5 Å². The van der Waals surface area contributed by atoms with Crippen LogP contribution in [0.15, 0.2) is 5.16 Å². The van der Waals surface area contributed by atoms with E-state index < -0.39 is 0 Å². The summed E-state index contributed by atoms with van der Waals surface area (Å²) in [6, 6.07) is 0. The highest BCUT2D eigenvalue weighted by Gasteiger charge is 2.57. The number of nitrogens with zero attached hydrogens (tertiary/aromatic N) is 1. The average molecular weight is 303 g/mol. The van der Waals surface area contributed by atoms with Gasteiger partial charge >= 0.3 is 0 Å². The van der Waals surface area contributed by atoms with E-state index in [2.05, 4.69) is 19.0 Å². The van der Waals surface area contributed by atoms with Crippen molar-refractivity contribution in [1.29, 1.82) is 0 Å². The molecular weight excluding hydrogens is 270 g/mol. The van der Waals surface area contributed by atoms with Gasteiger partial charge in [0.05, 0.1) is 5.71 Å². The maximum atomic E-state index is 5.06. The fourth-order valence-corrected chi connectivity index (χ4v) is 7.26. The van der Waals surface area contributed by atoms with Gasteiger partial charge < -0.3 is 4.84 Å². The standard InChI is InChI=1S/C20H33NO/c1-19-10-4-5-17(19)16-7-6-14-13-15(21-22-3)8-12-20(14,2)18(16)9-11-19/h14,16-18H,4-13H2,1-3H3/b21-15-/t14-,16-,17-,18-,19-,20-/m0/s1. The third-order valence-electron chi connectivity index (χ3n) is 8.50. The minimum Gasteiger partial charge on any atom is -0.399 e. The van der Waals surface area contributed by atoms with Crippen LogP contribution in [0.3, 0.4) is 0 Å². The minimum atomic E-state index is 0.583. The van der Waals surface area contributed by atoms with Gasteiger partial charge in [-0.3, -0.25) is 0 Å². The van der Waals surface area contributed by atoms with Crippen LogP contribution in [0.25, 0.3) is 0 Å². The Morgan fingerprint density at radius 1 is 1.00 bits per heavy atom. The molecule has 4 rings (SSSR count). The van der Waals surface area contributed by atoms with E-state index in [9.17, 15) is 0 Å². The Morgan fingerprint density at radius 2 is 1.86 bits per heavy atom. The lowest BCUT2D eigenvalue weighted by Crippen LogP contribution is -2.52. The lowest BCUT2D eigenvalue weighted by atomic mass is 9.45. The molecule has 4 fully saturated rings. The molecule has 6 atom stereocenters. The van der Waals surface area contributed by atoms with Crippen molar-refractivity contribution < 1.29 is 4.84 Å². The summed E-state index contributed by atoms with van der Waals surface area (Å²) in [7, 11) is 1.69. The van der Waals surface area contributed by atoms with Crippen molar-refractivity contribution in [3.8, 4) is 0 Å². The number of hydrogen-bond donors (Lipinski definition) is 0. The molecule has 2 heteroatoms. The normalized spacial score (nSPS) is 52.8. The maximum absolute atomic E-state index is 5.06. The average Bonchev–Trinajstić information content (AvgIpc) is 2.89. The molecule has 0 N–H and O–H groups in total. The summed E-state index contributed by atoms with van der Waals surface area (Å²) in [6.07, 6.45) is 14.2. The van der Waals surface area contributed by atoms with Crippen LogP contribution in [-0.2, 0) is 4.84 Å². The van der Waals surface area contributed by atoms with Gasteiger partial charge in [0.15, 0.2) is 0 Å². The summed E-state index contributed by atoms with van der Waals surface area (Å²) in [5.74, 6) is 3.93. The molecule has 0 bridgehead atoms. The van der Waals surface area contributed by atoms with Gasteiger partial charge in [0.2, 0.25) is 0 Å². The second kappa shape index (κ2) is 5.24. The van der Waals surface area contributed by atoms with Gasteiger partial charge in [-0.15, -0.1) is 0 Å². The zero-order valence-corrected chi connectivity index (χ0v) is 14.7. The zero-order valence-electron chi connectivity index (χ0n) is 14.7. The molecule has 0 aromatic heterocycles. The second-order valence-electron chi connectivity index (χ2n) is 9.29. The van der Waals surface area contributed by atoms with E-state index >= 15 is 0 Å². The Bertz CT molecular complexity index is 472. The van der Waals surface area contributed by atoms with E-state index in [1.54, 1.807) is 7.11 Å². The van der Waals surface area contributed by atoms with E-state index in [4.69, 9.17) is 4.84 Å². The van der Waals surface area contributed by atoms with E-state index in [0.29, 0.717) is 10.8 Å². The largest absolute Gasteiger partial charge is 0.399 e. The first kappa shape index (κ1) is 15.0. The molecule has 0 aromatic carbocycles. The summed E-state index contributed by atoms with van der Waals surface area (Å²) in [5.41, 5.74) is 2.60. The van der Waals surface area contributed by atoms with Gasteiger partial charge in [0.25, 0.3) is 0 Å². The topological polar surface area (TPSA) is 21.6 Å². The monoisotopic (exact) mass is 303 g/mol. The molecule has 0 spiro atoms. The smallest absolute Gasteiger partial charge is 0.106 e. The van der Waals surface area contributed by atoms with Crippen LogP contribution in [-0.4, -0.2) is 12.8 Å². The molecular formula is C20H33NO. The van der Waals surface area contributed by atoms with Crippen molar-refractivity contribution in [2.24, 2.45) is 39.7 Å². The summed E-state index contributed by atoms with van der Waals surface area (Å²) in [4.78, 5) is 5.06. The summed E-state index contributed by atoms with van der Waals surface area (Å²) < 4.78 is 0. The number of hydrogen-bond acceptors (Lipinski definition) is 2. The zero-order chi connectivity index (χ0) is 15.4. The third kappa shape index (κ3) is 2.08. The van der Waals surface area contributed by atoms with Crippen molar-refractivity contribution in [2.75, 3.05) is 7.11 Å². The molecule has 4 aliphatic carbocycles. The Morgan fingerprint density at radius 3 is 2.68 bits per heavy atom. The molecule has 0 amide bonds. The Labute approximate surface area is 136 Å². The van der Waals surface area contributed by atoms with Crippen LogP contribution in [0.5, 0.6) is 0 Å². The number of fused-ring (bicyclic) bond motifs is 5. The van der Waals surface area contributed by atoms with Gasteiger partial charge in [0, 0.05) is 0 Å². The van der Waals surface area contributed by atoms with Crippen LogP contribution >= 0.6 is 0 Å². The molecule has 0 saturated heterocycles. The lowest BCUT2D eigenvalue weighted by molar-refractivity contribution is -0.0921. The maximum Gasteiger partial charge on any atom is 0.106 e. The van der Waals surface area contributed by atoms with Crippen molar-refractivity contribution in [3.63, 3.8) is 0 Å². The molecule has 22 heavy (non-hydrogen) atoms. The van der Waals surface area contributed by atoms with Crippen molar-refractivity contribution in [1.82, 2.24) is 0 Å². The predicted molar refractivity (Wildman–Crippen MR) is 90.8 cm³/mol. The quantitative estimate of drug-likeness (QED) is 0.593. The lowest BCUT2D eigenvalue weighted by Gasteiger charge is -2.60. The van der Waals surface area contributed by atoms with Crippen molar-refractivity contribution >= 4 is 5.71 Å². The van der Waals surface area contributed by atoms with Crippen LogP contribution in [0.2, 0.25) is 0 Å². The molecule has 0 heterocycles. The molecule has 0 unspecified atom stereocenters. The minimum absolute atomic E-state index is 0.583. The van der Waals surface area contributed by atoms with Crippen LogP contribution in [0.1, 0.15) is 78.1 Å². The Balaban J connectivity index is 1.58. The molecule has 124 valence electrons. The first-order valence-corrected chi connectivity index (χ1v) is 9.66. The predicted octanol–water partition coefficient (Wildman–Crippen LogP) is 5.42. The highest BCUT2D eigenvalue weighted by atomic mass is 16.6. The van der Waals surface area contributed by atoms with Crippen molar-refractivity contribution in [2.45, 2.75) is 78.1 Å². The first-order chi connectivity index (χ1) is 10.6. The van der Waals surface area contributed by atoms with Gasteiger partial charge in [-0.05, 0) is 92.3 Å². The first-order valence-electron chi connectivity index (χ1n) is 9.66. The number of oxime groups is 1. The highest BCUT2D eigenvalue weighted by Crippen LogP contribution is 2.65. The van der Waals surface area contributed by atoms with Gasteiger partial charge in [-0.1, -0.05) is 25.4 Å². The highest BCUT2D eigenvalue weighted by molar-refractivity contribution is 5.85. The van der Waals surface area contributed by atoms with E-state index in [1.807, 2.05) is 0 Å². The summed E-state index contributed by atoms with van der Waals surface area (Å²) in [5, 5.41) is 4.29. The molecule has 0 aromatic rings. The Hall–Kier alpha value is -0.530. The molecule has 0 radical (unpaired) electrons. The molecule has 4 aliphatic rings. The van der Waals surface area contributed by atoms with Crippen molar-refractivity contribution in [3.05, 3.63) is 0 Å². The van der Waals surface area contributed by atoms with Crippen LogP contribution in [0.4, 0.5) is 0 Å². The van der Waals surface area contributed by atoms with E-state index in [0.717, 1.165) is 23.7 Å². The summed E-state index contributed by atoms with van der Waals surface area (Å²) in [6.45, 7) is 5.25. The van der Waals surface area contributed by atoms with Gasteiger partial charge in [0.1, 0.15) is 7.11 Å². The fourth-order valence-electron chi connectivity index (χ4n) is 7.26. The van der Waals surface area contributed by atoms with Gasteiger partial charge in [-0.2, -0.15) is 0 Å². The molecule has 4 saturated carbocycles. The van der Waals surface area contributed by atoms with E-state index in [-0.39, 0.29) is 0 Å². The Kier molecular flexibility index (Phi) is 3.58.